The van der Waals surface area contributed by atoms with Gasteiger partial charge in [-0.05, 0) is 49.2 Å². The van der Waals surface area contributed by atoms with Crippen LogP contribution in [0.5, 0.6) is 0 Å². The van der Waals surface area contributed by atoms with E-state index in [9.17, 15) is 13.6 Å². The smallest absolute Gasteiger partial charge is 0.261 e. The van der Waals surface area contributed by atoms with Gasteiger partial charge in [-0.1, -0.05) is 6.07 Å². The molecule has 0 aromatic heterocycles. The normalized spacial score (nSPS) is 10.5. The zero-order chi connectivity index (χ0) is 16.4. The van der Waals surface area contributed by atoms with Crippen molar-refractivity contribution in [1.82, 2.24) is 0 Å². The van der Waals surface area contributed by atoms with Crippen LogP contribution >= 0.6 is 0 Å². The molecule has 0 aliphatic rings. The molecule has 0 atom stereocenters. The fourth-order valence-electron chi connectivity index (χ4n) is 2.29. The highest BCUT2D eigenvalue weighted by atomic mass is 19.1. The number of rotatable bonds is 3. The van der Waals surface area contributed by atoms with Gasteiger partial charge in [-0.2, -0.15) is 0 Å². The van der Waals surface area contributed by atoms with Gasteiger partial charge in [-0.15, -0.1) is 0 Å². The van der Waals surface area contributed by atoms with Crippen LogP contribution in [0.4, 0.5) is 20.2 Å². The molecule has 1 amide bonds. The number of hydrogen-bond donors (Lipinski definition) is 1. The van der Waals surface area contributed by atoms with Crippen molar-refractivity contribution in [1.29, 1.82) is 0 Å². The second-order valence-electron chi connectivity index (χ2n) is 5.40. The first-order chi connectivity index (χ1) is 10.3. The van der Waals surface area contributed by atoms with Crippen LogP contribution in [0.3, 0.4) is 0 Å². The summed E-state index contributed by atoms with van der Waals surface area (Å²) in [4.78, 5) is 14.1. The van der Waals surface area contributed by atoms with Gasteiger partial charge < -0.3 is 10.2 Å². The van der Waals surface area contributed by atoms with Gasteiger partial charge in [0.25, 0.3) is 5.91 Å². The number of benzene rings is 2. The summed E-state index contributed by atoms with van der Waals surface area (Å²) in [7, 11) is 3.84. The average Bonchev–Trinajstić information content (AvgIpc) is 2.42. The Bertz CT molecular complexity index is 683. The highest BCUT2D eigenvalue weighted by molar-refractivity contribution is 6.05. The van der Waals surface area contributed by atoms with Crippen molar-refractivity contribution in [2.24, 2.45) is 0 Å². The van der Waals surface area contributed by atoms with Crippen LogP contribution in [0, 0.1) is 25.5 Å². The first-order valence-corrected chi connectivity index (χ1v) is 6.85. The molecule has 3 nitrogen and oxygen atoms in total. The first kappa shape index (κ1) is 15.9. The Hall–Kier alpha value is -2.43. The van der Waals surface area contributed by atoms with Crippen LogP contribution in [-0.4, -0.2) is 20.0 Å². The van der Waals surface area contributed by atoms with Gasteiger partial charge in [-0.3, -0.25) is 4.79 Å². The number of amides is 1. The highest BCUT2D eigenvalue weighted by Gasteiger charge is 2.18. The van der Waals surface area contributed by atoms with E-state index < -0.39 is 23.1 Å². The average molecular weight is 304 g/mol. The Labute approximate surface area is 128 Å². The van der Waals surface area contributed by atoms with E-state index in [0.29, 0.717) is 5.69 Å². The molecule has 0 bridgehead atoms. The minimum atomic E-state index is -0.877. The van der Waals surface area contributed by atoms with E-state index in [1.165, 1.54) is 6.07 Å². The number of hydrogen-bond acceptors (Lipinski definition) is 2. The van der Waals surface area contributed by atoms with E-state index in [4.69, 9.17) is 0 Å². The number of carbonyl (C=O) groups excluding carboxylic acids is 1. The van der Waals surface area contributed by atoms with E-state index in [2.05, 4.69) is 5.32 Å². The molecule has 0 spiro atoms. The molecule has 0 aliphatic heterocycles. The number of aryl methyl sites for hydroxylation is 2. The highest BCUT2D eigenvalue weighted by Crippen LogP contribution is 2.27. The summed E-state index contributed by atoms with van der Waals surface area (Å²) in [6.07, 6.45) is 0. The molecule has 5 heteroatoms. The fraction of sp³-hybridized carbons (Fsp3) is 0.235. The molecule has 2 rings (SSSR count). The maximum Gasteiger partial charge on any atom is 0.261 e. The lowest BCUT2D eigenvalue weighted by Crippen LogP contribution is -2.18. The molecule has 1 N–H and O–H groups in total. The van der Waals surface area contributed by atoms with Crippen molar-refractivity contribution in [2.75, 3.05) is 24.3 Å². The van der Waals surface area contributed by atoms with Gasteiger partial charge in [0.05, 0.1) is 0 Å². The zero-order valence-corrected chi connectivity index (χ0v) is 13.0. The topological polar surface area (TPSA) is 32.3 Å². The van der Waals surface area contributed by atoms with Crippen LogP contribution < -0.4 is 10.2 Å². The predicted molar refractivity (Wildman–Crippen MR) is 84.6 cm³/mol. The van der Waals surface area contributed by atoms with Gasteiger partial charge >= 0.3 is 0 Å². The second-order valence-corrected chi connectivity index (χ2v) is 5.40. The summed E-state index contributed by atoms with van der Waals surface area (Å²) in [6.45, 7) is 3.68. The monoisotopic (exact) mass is 304 g/mol. The molecule has 2 aromatic rings. The molecule has 2 aromatic carbocycles. The van der Waals surface area contributed by atoms with Gasteiger partial charge in [0.15, 0.2) is 0 Å². The number of carbonyl (C=O) groups is 1. The summed E-state index contributed by atoms with van der Waals surface area (Å²) in [5.41, 5.74) is 2.64. The molecular weight excluding hydrogens is 286 g/mol. The number of nitrogens with one attached hydrogen (secondary N) is 1. The van der Waals surface area contributed by atoms with E-state index in [1.807, 2.05) is 45.0 Å². The van der Waals surface area contributed by atoms with E-state index in [-0.39, 0.29) is 0 Å². The lowest BCUT2D eigenvalue weighted by atomic mass is 10.1. The van der Waals surface area contributed by atoms with Gasteiger partial charge in [0.2, 0.25) is 0 Å². The summed E-state index contributed by atoms with van der Waals surface area (Å²) < 4.78 is 27.3. The standard InChI is InChI=1S/C17H18F2N2O/c1-10-8-12(21(3)4)9-11(2)16(10)20-17(22)15-13(18)6-5-7-14(15)19/h5-9H,1-4H3,(H,20,22). The van der Waals surface area contributed by atoms with Crippen molar-refractivity contribution in [3.05, 3.63) is 58.7 Å². The lowest BCUT2D eigenvalue weighted by Gasteiger charge is -2.18. The summed E-state index contributed by atoms with van der Waals surface area (Å²) >= 11 is 0. The van der Waals surface area contributed by atoms with Crippen molar-refractivity contribution in [3.63, 3.8) is 0 Å². The number of nitrogens with zero attached hydrogens (tertiary/aromatic N) is 1. The zero-order valence-electron chi connectivity index (χ0n) is 13.0. The second kappa shape index (κ2) is 6.13. The Kier molecular flexibility index (Phi) is 4.45. The molecule has 0 fully saturated rings. The van der Waals surface area contributed by atoms with Crippen molar-refractivity contribution in [3.8, 4) is 0 Å². The van der Waals surface area contributed by atoms with Gasteiger partial charge in [-0.25, -0.2) is 8.78 Å². The van der Waals surface area contributed by atoms with Crippen LogP contribution in [0.15, 0.2) is 30.3 Å². The summed E-state index contributed by atoms with van der Waals surface area (Å²) in [6, 6.07) is 7.16. The third-order valence-electron chi connectivity index (χ3n) is 3.46. The minimum absolute atomic E-state index is 0.568. The van der Waals surface area contributed by atoms with Crippen molar-refractivity contribution in [2.45, 2.75) is 13.8 Å². The third kappa shape index (κ3) is 3.08. The Morgan fingerprint density at radius 1 is 1.05 bits per heavy atom. The van der Waals surface area contributed by atoms with Gasteiger partial charge in [0, 0.05) is 25.5 Å². The van der Waals surface area contributed by atoms with Crippen molar-refractivity contribution >= 4 is 17.3 Å². The Morgan fingerprint density at radius 2 is 1.55 bits per heavy atom. The van der Waals surface area contributed by atoms with E-state index in [0.717, 1.165) is 28.9 Å². The predicted octanol–water partition coefficient (Wildman–Crippen LogP) is 3.90. The first-order valence-electron chi connectivity index (χ1n) is 6.85. The Balaban J connectivity index is 2.37. The lowest BCUT2D eigenvalue weighted by molar-refractivity contribution is 0.101. The molecule has 22 heavy (non-hydrogen) atoms. The number of anilines is 2. The maximum atomic E-state index is 13.7. The van der Waals surface area contributed by atoms with Crippen LogP contribution in [0.2, 0.25) is 0 Å². The molecule has 0 heterocycles. The van der Waals surface area contributed by atoms with Gasteiger partial charge in [0.1, 0.15) is 17.2 Å². The fourth-order valence-corrected chi connectivity index (χ4v) is 2.29. The largest absolute Gasteiger partial charge is 0.378 e. The SMILES string of the molecule is Cc1cc(N(C)C)cc(C)c1NC(=O)c1c(F)cccc1F. The maximum absolute atomic E-state index is 13.7. The molecule has 0 unspecified atom stereocenters. The third-order valence-corrected chi connectivity index (χ3v) is 3.46. The summed E-state index contributed by atoms with van der Waals surface area (Å²) in [5.74, 6) is -2.55. The van der Waals surface area contributed by atoms with Crippen LogP contribution in [-0.2, 0) is 0 Å². The van der Waals surface area contributed by atoms with E-state index >= 15 is 0 Å². The molecule has 0 saturated heterocycles. The summed E-state index contributed by atoms with van der Waals surface area (Å²) in [5, 5.41) is 2.61. The number of halogens is 2. The molecule has 0 aliphatic carbocycles. The van der Waals surface area contributed by atoms with Crippen molar-refractivity contribution < 1.29 is 13.6 Å². The molecule has 0 saturated carbocycles. The van der Waals surface area contributed by atoms with Crippen LogP contribution in [0.25, 0.3) is 0 Å². The quantitative estimate of drug-likeness (QED) is 0.932. The van der Waals surface area contributed by atoms with E-state index in [1.54, 1.807) is 0 Å². The van der Waals surface area contributed by atoms with Crippen LogP contribution in [0.1, 0.15) is 21.5 Å². The molecule has 116 valence electrons. The molecular formula is C17H18F2N2O. The minimum Gasteiger partial charge on any atom is -0.378 e. The Morgan fingerprint density at radius 3 is 2.00 bits per heavy atom. The molecule has 0 radical (unpaired) electrons.